The molecule has 1 aliphatic rings. The minimum atomic E-state index is -0.558. The second-order valence-electron chi connectivity index (χ2n) is 7.70. The number of amides is 2. The molecule has 0 aliphatic heterocycles. The van der Waals surface area contributed by atoms with Crippen LogP contribution in [0, 0.1) is 0 Å². The Balaban J connectivity index is 1.34. The molecule has 0 spiro atoms. The summed E-state index contributed by atoms with van der Waals surface area (Å²) >= 11 is 0. The molecule has 0 bridgehead atoms. The SMILES string of the molecule is O=C(CCn1c(=O)[nH]c(=O)c2ccccc21)Nc1cnn(CC(=O)NC2CCCC2)c1. The lowest BCUT2D eigenvalue weighted by atomic mass is 10.2. The van der Waals surface area contributed by atoms with Gasteiger partial charge in [-0.25, -0.2) is 4.79 Å². The third-order valence-electron chi connectivity index (χ3n) is 5.41. The molecule has 0 atom stereocenters. The molecule has 3 aromatic rings. The molecular weight excluding hydrogens is 400 g/mol. The highest BCUT2D eigenvalue weighted by Gasteiger charge is 2.17. The number of H-pyrrole nitrogens is 1. The number of aromatic nitrogens is 4. The predicted molar refractivity (Wildman–Crippen MR) is 115 cm³/mol. The van der Waals surface area contributed by atoms with Crippen LogP contribution in [-0.4, -0.2) is 37.2 Å². The molecule has 0 saturated heterocycles. The summed E-state index contributed by atoms with van der Waals surface area (Å²) in [5, 5.41) is 10.2. The van der Waals surface area contributed by atoms with Crippen LogP contribution in [0.3, 0.4) is 0 Å². The Labute approximate surface area is 177 Å². The highest BCUT2D eigenvalue weighted by atomic mass is 16.2. The summed E-state index contributed by atoms with van der Waals surface area (Å²) in [4.78, 5) is 50.8. The smallest absolute Gasteiger partial charge is 0.328 e. The first-order valence-corrected chi connectivity index (χ1v) is 10.3. The molecule has 1 fully saturated rings. The van der Waals surface area contributed by atoms with Crippen molar-refractivity contribution in [2.75, 3.05) is 5.32 Å². The first kappa shape index (κ1) is 20.6. The number of nitrogens with one attached hydrogen (secondary N) is 3. The molecule has 1 aromatic carbocycles. The van der Waals surface area contributed by atoms with Gasteiger partial charge in [-0.05, 0) is 25.0 Å². The Morgan fingerprint density at radius 2 is 1.90 bits per heavy atom. The van der Waals surface area contributed by atoms with E-state index in [1.807, 2.05) is 0 Å². The Morgan fingerprint density at radius 3 is 2.71 bits per heavy atom. The largest absolute Gasteiger partial charge is 0.352 e. The topological polar surface area (TPSA) is 131 Å². The van der Waals surface area contributed by atoms with Gasteiger partial charge >= 0.3 is 5.69 Å². The van der Waals surface area contributed by atoms with Crippen LogP contribution in [-0.2, 0) is 22.7 Å². The number of carbonyl (C=O) groups excluding carboxylic acids is 2. The van der Waals surface area contributed by atoms with E-state index in [4.69, 9.17) is 0 Å². The van der Waals surface area contributed by atoms with Crippen molar-refractivity contribution in [3.05, 3.63) is 57.5 Å². The van der Waals surface area contributed by atoms with Crippen LogP contribution in [0.5, 0.6) is 0 Å². The Hall–Kier alpha value is -3.69. The van der Waals surface area contributed by atoms with Crippen molar-refractivity contribution in [1.82, 2.24) is 24.6 Å². The molecule has 2 amide bonds. The van der Waals surface area contributed by atoms with Gasteiger partial charge in [0.25, 0.3) is 5.56 Å². The summed E-state index contributed by atoms with van der Waals surface area (Å²) < 4.78 is 2.84. The third-order valence-corrected chi connectivity index (χ3v) is 5.41. The number of rotatable bonds is 7. The minimum Gasteiger partial charge on any atom is -0.352 e. The summed E-state index contributed by atoms with van der Waals surface area (Å²) in [6, 6.07) is 6.99. The van der Waals surface area contributed by atoms with Gasteiger partial charge < -0.3 is 10.6 Å². The van der Waals surface area contributed by atoms with Crippen LogP contribution in [0.2, 0.25) is 0 Å². The fourth-order valence-electron chi connectivity index (χ4n) is 3.91. The van der Waals surface area contributed by atoms with Crippen LogP contribution >= 0.6 is 0 Å². The van der Waals surface area contributed by atoms with E-state index >= 15 is 0 Å². The van der Waals surface area contributed by atoms with E-state index in [1.54, 1.807) is 30.5 Å². The highest BCUT2D eigenvalue weighted by Crippen LogP contribution is 2.17. The molecule has 2 aromatic heterocycles. The summed E-state index contributed by atoms with van der Waals surface area (Å²) in [5.74, 6) is -0.408. The number of hydrogen-bond acceptors (Lipinski definition) is 5. The molecule has 4 rings (SSSR count). The van der Waals surface area contributed by atoms with E-state index in [9.17, 15) is 19.2 Å². The number of fused-ring (bicyclic) bond motifs is 1. The maximum Gasteiger partial charge on any atom is 0.328 e. The van der Waals surface area contributed by atoms with Gasteiger partial charge in [-0.15, -0.1) is 0 Å². The number of carbonyl (C=O) groups is 2. The van der Waals surface area contributed by atoms with E-state index in [0.29, 0.717) is 16.6 Å². The highest BCUT2D eigenvalue weighted by molar-refractivity contribution is 5.90. The second kappa shape index (κ2) is 8.99. The van der Waals surface area contributed by atoms with Crippen molar-refractivity contribution >= 4 is 28.4 Å². The molecule has 1 saturated carbocycles. The molecule has 31 heavy (non-hydrogen) atoms. The van der Waals surface area contributed by atoms with E-state index in [2.05, 4.69) is 20.7 Å². The van der Waals surface area contributed by atoms with Gasteiger partial charge in [-0.1, -0.05) is 25.0 Å². The maximum atomic E-state index is 12.3. The van der Waals surface area contributed by atoms with Crippen molar-refractivity contribution in [1.29, 1.82) is 0 Å². The number of para-hydroxylation sites is 1. The van der Waals surface area contributed by atoms with Gasteiger partial charge in [0.1, 0.15) is 6.54 Å². The number of anilines is 1. The van der Waals surface area contributed by atoms with Gasteiger partial charge in [0.2, 0.25) is 11.8 Å². The van der Waals surface area contributed by atoms with Crippen molar-refractivity contribution < 1.29 is 9.59 Å². The molecular formula is C21H24N6O4. The number of nitrogens with zero attached hydrogens (tertiary/aromatic N) is 3. The fourth-order valence-corrected chi connectivity index (χ4v) is 3.91. The molecule has 2 heterocycles. The van der Waals surface area contributed by atoms with Crippen LogP contribution in [0.15, 0.2) is 46.2 Å². The van der Waals surface area contributed by atoms with E-state index in [1.165, 1.54) is 15.4 Å². The molecule has 10 nitrogen and oxygen atoms in total. The van der Waals surface area contributed by atoms with Crippen molar-refractivity contribution in [3.8, 4) is 0 Å². The quantitative estimate of drug-likeness (QED) is 0.520. The zero-order valence-electron chi connectivity index (χ0n) is 17.0. The molecule has 0 radical (unpaired) electrons. The van der Waals surface area contributed by atoms with Crippen molar-refractivity contribution in [3.63, 3.8) is 0 Å². The summed E-state index contributed by atoms with van der Waals surface area (Å²) in [6.45, 7) is 0.199. The van der Waals surface area contributed by atoms with Crippen LogP contribution in [0.1, 0.15) is 32.1 Å². The van der Waals surface area contributed by atoms with Crippen LogP contribution in [0.4, 0.5) is 5.69 Å². The average molecular weight is 424 g/mol. The normalized spacial score (nSPS) is 14.1. The first-order chi connectivity index (χ1) is 15.0. The predicted octanol–water partition coefficient (Wildman–Crippen LogP) is 0.974. The van der Waals surface area contributed by atoms with Gasteiger partial charge in [0.05, 0.1) is 22.8 Å². The summed E-state index contributed by atoms with van der Waals surface area (Å²) in [5.41, 5.74) is -0.0641. The van der Waals surface area contributed by atoms with Crippen LogP contribution in [0.25, 0.3) is 10.9 Å². The number of aryl methyl sites for hydroxylation is 1. The Bertz CT molecular complexity index is 1220. The lowest BCUT2D eigenvalue weighted by Crippen LogP contribution is -2.35. The zero-order valence-corrected chi connectivity index (χ0v) is 17.0. The lowest BCUT2D eigenvalue weighted by molar-refractivity contribution is -0.122. The molecule has 10 heteroatoms. The molecule has 0 unspecified atom stereocenters. The van der Waals surface area contributed by atoms with Gasteiger partial charge in [-0.2, -0.15) is 5.10 Å². The second-order valence-corrected chi connectivity index (χ2v) is 7.70. The molecule has 162 valence electrons. The number of aromatic amines is 1. The van der Waals surface area contributed by atoms with E-state index < -0.39 is 11.2 Å². The molecule has 3 N–H and O–H groups in total. The fraction of sp³-hybridized carbons (Fsp3) is 0.381. The summed E-state index contributed by atoms with van der Waals surface area (Å²) in [7, 11) is 0. The maximum absolute atomic E-state index is 12.3. The van der Waals surface area contributed by atoms with Gasteiger partial charge in [-0.3, -0.25) is 28.6 Å². The van der Waals surface area contributed by atoms with Gasteiger partial charge in [0.15, 0.2) is 0 Å². The first-order valence-electron chi connectivity index (χ1n) is 10.3. The van der Waals surface area contributed by atoms with E-state index in [0.717, 1.165) is 25.7 Å². The average Bonchev–Trinajstić information content (AvgIpc) is 3.40. The summed E-state index contributed by atoms with van der Waals surface area (Å²) in [6.07, 6.45) is 7.41. The Morgan fingerprint density at radius 1 is 1.13 bits per heavy atom. The lowest BCUT2D eigenvalue weighted by Gasteiger charge is -2.11. The Kier molecular flexibility index (Phi) is 5.96. The van der Waals surface area contributed by atoms with Crippen LogP contribution < -0.4 is 21.9 Å². The molecule has 1 aliphatic carbocycles. The standard InChI is InChI=1S/C21H24N6O4/c28-18(9-10-27-17-8-4-3-7-16(17)20(30)25-21(27)31)24-15-11-22-26(12-15)13-19(29)23-14-5-1-2-6-14/h3-4,7-8,11-12,14H,1-2,5-6,9-10,13H2,(H,23,29)(H,24,28)(H,25,30,31). The number of hydrogen-bond donors (Lipinski definition) is 3. The van der Waals surface area contributed by atoms with Crippen molar-refractivity contribution in [2.24, 2.45) is 0 Å². The number of benzene rings is 1. The third kappa shape index (κ3) is 4.90. The van der Waals surface area contributed by atoms with E-state index in [-0.39, 0.29) is 37.4 Å². The van der Waals surface area contributed by atoms with Crippen molar-refractivity contribution in [2.45, 2.75) is 51.2 Å². The monoisotopic (exact) mass is 424 g/mol. The van der Waals surface area contributed by atoms with Gasteiger partial charge in [0, 0.05) is 25.2 Å². The zero-order chi connectivity index (χ0) is 21.8. The minimum absolute atomic E-state index is 0.0310.